The van der Waals surface area contributed by atoms with Gasteiger partial charge in [0.25, 0.3) is 11.8 Å². The number of nitrogens with one attached hydrogen (secondary N) is 4. The van der Waals surface area contributed by atoms with E-state index in [0.717, 1.165) is 32.6 Å². The van der Waals surface area contributed by atoms with Crippen molar-refractivity contribution in [2.45, 2.75) is 11.8 Å². The molecule has 204 valence electrons. The van der Waals surface area contributed by atoms with Crippen molar-refractivity contribution in [1.29, 1.82) is 0 Å². The summed E-state index contributed by atoms with van der Waals surface area (Å²) in [4.78, 5) is 42.7. The Morgan fingerprint density at radius 3 is 2.20 bits per heavy atom. The molecule has 0 saturated carbocycles. The number of aromatic nitrogens is 1. The van der Waals surface area contributed by atoms with Gasteiger partial charge in [-0.2, -0.15) is 0 Å². The molecule has 4 aromatic carbocycles. The third kappa shape index (κ3) is 7.32. The molecule has 0 bridgehead atoms. The average Bonchev–Trinajstić information content (AvgIpc) is 3.40. The summed E-state index contributed by atoms with van der Waals surface area (Å²) < 4.78 is 0. The van der Waals surface area contributed by atoms with Crippen LogP contribution in [0.15, 0.2) is 120 Å². The molecule has 0 aliphatic heterocycles. The molecular formula is C33H28N4O3S. The van der Waals surface area contributed by atoms with Gasteiger partial charge in [0.2, 0.25) is 5.91 Å². The largest absolute Gasteiger partial charge is 0.361 e. The van der Waals surface area contributed by atoms with Gasteiger partial charge in [-0.05, 0) is 67.6 Å². The number of carbonyl (C=O) groups excluding carboxylic acids is 3. The summed E-state index contributed by atoms with van der Waals surface area (Å²) in [6.45, 7) is 2.00. The van der Waals surface area contributed by atoms with Crippen LogP contribution in [0.4, 0.5) is 11.4 Å². The summed E-state index contributed by atoms with van der Waals surface area (Å²) in [6, 6.07) is 31.3. The molecule has 3 amide bonds. The Hall–Kier alpha value is -5.08. The molecule has 5 rings (SSSR count). The maximum Gasteiger partial charge on any atom is 0.272 e. The van der Waals surface area contributed by atoms with Gasteiger partial charge in [0.1, 0.15) is 5.70 Å². The molecule has 0 radical (unpaired) electrons. The highest BCUT2D eigenvalue weighted by atomic mass is 32.2. The lowest BCUT2D eigenvalue weighted by Crippen LogP contribution is -2.30. The van der Waals surface area contributed by atoms with Crippen molar-refractivity contribution in [3.63, 3.8) is 0 Å². The number of aryl methyl sites for hydroxylation is 1. The first-order valence-corrected chi connectivity index (χ1v) is 14.0. The van der Waals surface area contributed by atoms with E-state index in [-0.39, 0.29) is 23.3 Å². The molecule has 0 aliphatic carbocycles. The van der Waals surface area contributed by atoms with Gasteiger partial charge in [-0.25, -0.2) is 0 Å². The van der Waals surface area contributed by atoms with Crippen LogP contribution in [-0.4, -0.2) is 28.5 Å². The van der Waals surface area contributed by atoms with Gasteiger partial charge < -0.3 is 20.9 Å². The molecule has 41 heavy (non-hydrogen) atoms. The zero-order chi connectivity index (χ0) is 28.6. The number of anilines is 2. The second-order valence-electron chi connectivity index (χ2n) is 9.35. The quantitative estimate of drug-likeness (QED) is 0.120. The summed E-state index contributed by atoms with van der Waals surface area (Å²) in [5, 5.41) is 9.46. The van der Waals surface area contributed by atoms with E-state index < -0.39 is 5.91 Å². The SMILES string of the molecule is Cc1ccc(NC(=O)CSc2ccc(NC(=O)C(=Cc3c[nH]c4ccccc34)NC(=O)c3ccccc3)cc2)cc1. The van der Waals surface area contributed by atoms with Crippen molar-refractivity contribution in [1.82, 2.24) is 10.3 Å². The molecule has 1 heterocycles. The molecule has 1 aromatic heterocycles. The third-order valence-corrected chi connectivity index (χ3v) is 7.28. The number of aromatic amines is 1. The van der Waals surface area contributed by atoms with Gasteiger partial charge >= 0.3 is 0 Å². The molecule has 4 N–H and O–H groups in total. The van der Waals surface area contributed by atoms with E-state index in [0.29, 0.717) is 11.3 Å². The number of amides is 3. The Morgan fingerprint density at radius 2 is 1.44 bits per heavy atom. The smallest absolute Gasteiger partial charge is 0.272 e. The van der Waals surface area contributed by atoms with Crippen molar-refractivity contribution in [3.8, 4) is 0 Å². The average molecular weight is 561 g/mol. The van der Waals surface area contributed by atoms with Gasteiger partial charge in [-0.1, -0.05) is 54.1 Å². The van der Waals surface area contributed by atoms with Crippen molar-refractivity contribution in [3.05, 3.63) is 132 Å². The molecule has 0 spiro atoms. The minimum Gasteiger partial charge on any atom is -0.361 e. The summed E-state index contributed by atoms with van der Waals surface area (Å²) >= 11 is 1.40. The zero-order valence-electron chi connectivity index (χ0n) is 22.3. The van der Waals surface area contributed by atoms with Crippen LogP contribution in [-0.2, 0) is 9.59 Å². The molecule has 0 unspecified atom stereocenters. The Morgan fingerprint density at radius 1 is 0.780 bits per heavy atom. The van der Waals surface area contributed by atoms with Crippen LogP contribution < -0.4 is 16.0 Å². The molecule has 5 aromatic rings. The number of fused-ring (bicyclic) bond motifs is 1. The van der Waals surface area contributed by atoms with Crippen molar-refractivity contribution >= 4 is 57.8 Å². The second kappa shape index (κ2) is 12.8. The first-order chi connectivity index (χ1) is 19.9. The summed E-state index contributed by atoms with van der Waals surface area (Å²) in [5.74, 6) is -0.694. The number of hydrogen-bond acceptors (Lipinski definition) is 4. The monoisotopic (exact) mass is 560 g/mol. The van der Waals surface area contributed by atoms with Crippen LogP contribution in [0, 0.1) is 6.92 Å². The Kier molecular flexibility index (Phi) is 8.61. The lowest BCUT2D eigenvalue weighted by Gasteiger charge is -2.12. The molecule has 0 saturated heterocycles. The fourth-order valence-corrected chi connectivity index (χ4v) is 4.83. The van der Waals surface area contributed by atoms with Crippen LogP contribution in [0.2, 0.25) is 0 Å². The highest BCUT2D eigenvalue weighted by Crippen LogP contribution is 2.23. The number of carbonyl (C=O) groups is 3. The van der Waals surface area contributed by atoms with Gasteiger partial charge in [-0.15, -0.1) is 11.8 Å². The highest BCUT2D eigenvalue weighted by molar-refractivity contribution is 8.00. The number of thioether (sulfide) groups is 1. The minimum atomic E-state index is -0.461. The van der Waals surface area contributed by atoms with E-state index in [2.05, 4.69) is 20.9 Å². The number of rotatable bonds is 9. The van der Waals surface area contributed by atoms with E-state index >= 15 is 0 Å². The maximum atomic E-state index is 13.4. The predicted molar refractivity (Wildman–Crippen MR) is 166 cm³/mol. The Balaban J connectivity index is 1.26. The molecule has 7 nitrogen and oxygen atoms in total. The van der Waals surface area contributed by atoms with Crippen LogP contribution in [0.5, 0.6) is 0 Å². The fraction of sp³-hybridized carbons (Fsp3) is 0.0606. The first-order valence-electron chi connectivity index (χ1n) is 13.0. The number of H-pyrrole nitrogens is 1. The maximum absolute atomic E-state index is 13.4. The summed E-state index contributed by atoms with van der Waals surface area (Å²) in [5.41, 5.74) is 4.69. The van der Waals surface area contributed by atoms with Gasteiger partial charge in [0, 0.05) is 44.5 Å². The van der Waals surface area contributed by atoms with E-state index in [1.54, 1.807) is 48.7 Å². The minimum absolute atomic E-state index is 0.0996. The lowest BCUT2D eigenvalue weighted by molar-refractivity contribution is -0.114. The van der Waals surface area contributed by atoms with Crippen molar-refractivity contribution < 1.29 is 14.4 Å². The molecule has 0 fully saturated rings. The number of hydrogen-bond donors (Lipinski definition) is 4. The third-order valence-electron chi connectivity index (χ3n) is 6.27. The van der Waals surface area contributed by atoms with Crippen molar-refractivity contribution in [2.75, 3.05) is 16.4 Å². The Bertz CT molecular complexity index is 1710. The van der Waals surface area contributed by atoms with E-state index in [1.165, 1.54) is 11.8 Å². The standard InChI is InChI=1S/C33H28N4O3S/c1-22-11-13-25(14-12-22)35-31(38)21-41-27-17-15-26(16-18-27)36-33(40)30(37-32(39)23-7-3-2-4-8-23)19-24-20-34-29-10-6-5-9-28(24)29/h2-20,34H,21H2,1H3,(H,35,38)(H,36,40)(H,37,39). The second-order valence-corrected chi connectivity index (χ2v) is 10.4. The van der Waals surface area contributed by atoms with Gasteiger partial charge in [0.05, 0.1) is 5.75 Å². The van der Waals surface area contributed by atoms with Crippen LogP contribution >= 0.6 is 11.8 Å². The van der Waals surface area contributed by atoms with Crippen LogP contribution in [0.1, 0.15) is 21.5 Å². The van der Waals surface area contributed by atoms with E-state index in [1.807, 2.05) is 73.7 Å². The van der Waals surface area contributed by atoms with Crippen LogP contribution in [0.25, 0.3) is 17.0 Å². The zero-order valence-corrected chi connectivity index (χ0v) is 23.1. The summed E-state index contributed by atoms with van der Waals surface area (Å²) in [7, 11) is 0. The Labute approximate surface area is 242 Å². The number of para-hydroxylation sites is 1. The topological polar surface area (TPSA) is 103 Å². The number of benzene rings is 4. The fourth-order valence-electron chi connectivity index (χ4n) is 4.13. The normalized spacial score (nSPS) is 11.2. The predicted octanol–water partition coefficient (Wildman–Crippen LogP) is 6.62. The summed E-state index contributed by atoms with van der Waals surface area (Å²) in [6.07, 6.45) is 3.46. The molecule has 8 heteroatoms. The van der Waals surface area contributed by atoms with E-state index in [9.17, 15) is 14.4 Å². The highest BCUT2D eigenvalue weighted by Gasteiger charge is 2.16. The van der Waals surface area contributed by atoms with Gasteiger partial charge in [0.15, 0.2) is 0 Å². The van der Waals surface area contributed by atoms with Crippen LogP contribution in [0.3, 0.4) is 0 Å². The van der Waals surface area contributed by atoms with Gasteiger partial charge in [-0.3, -0.25) is 14.4 Å². The lowest BCUT2D eigenvalue weighted by atomic mass is 10.1. The molecular weight excluding hydrogens is 532 g/mol. The first kappa shape index (κ1) is 27.5. The van der Waals surface area contributed by atoms with E-state index in [4.69, 9.17) is 0 Å². The molecule has 0 atom stereocenters. The van der Waals surface area contributed by atoms with Crippen molar-refractivity contribution in [2.24, 2.45) is 0 Å². The molecule has 0 aliphatic rings.